The zero-order valence-corrected chi connectivity index (χ0v) is 17.1. The summed E-state index contributed by atoms with van der Waals surface area (Å²) in [5.74, 6) is -0.211. The van der Waals surface area contributed by atoms with Gasteiger partial charge in [0.1, 0.15) is 11.6 Å². The molecule has 0 spiro atoms. The molecule has 0 N–H and O–H groups in total. The van der Waals surface area contributed by atoms with Gasteiger partial charge in [0, 0.05) is 32.0 Å². The molecule has 1 aromatic heterocycles. The van der Waals surface area contributed by atoms with Crippen LogP contribution in [0.5, 0.6) is 0 Å². The van der Waals surface area contributed by atoms with Crippen molar-refractivity contribution >= 4 is 46.6 Å². The number of thiocarbonyl (C=S) groups is 1. The quantitative estimate of drug-likeness (QED) is 0.560. The summed E-state index contributed by atoms with van der Waals surface area (Å²) in [4.78, 5) is 34.4. The highest BCUT2D eigenvalue weighted by molar-refractivity contribution is 7.98. The van der Waals surface area contributed by atoms with E-state index in [2.05, 4.69) is 4.98 Å². The van der Waals surface area contributed by atoms with Crippen LogP contribution >= 0.6 is 24.0 Å². The lowest BCUT2D eigenvalue weighted by Gasteiger charge is -2.29. The average Bonchev–Trinajstić information content (AvgIpc) is 2.77. The Labute approximate surface area is 163 Å². The van der Waals surface area contributed by atoms with Crippen molar-refractivity contribution in [1.29, 1.82) is 5.26 Å². The Bertz CT molecular complexity index is 801. The highest BCUT2D eigenvalue weighted by Crippen LogP contribution is 2.34. The fourth-order valence-electron chi connectivity index (χ4n) is 2.67. The molecule has 0 aliphatic carbocycles. The van der Waals surface area contributed by atoms with E-state index in [1.54, 1.807) is 38.9 Å². The minimum absolute atomic E-state index is 0.0285. The largest absolute Gasteiger partial charge is 0.349 e. The van der Waals surface area contributed by atoms with Gasteiger partial charge in [-0.25, -0.2) is 4.98 Å². The van der Waals surface area contributed by atoms with Gasteiger partial charge in [-0.15, -0.1) is 11.8 Å². The van der Waals surface area contributed by atoms with Gasteiger partial charge in [-0.05, 0) is 38.4 Å². The Morgan fingerprint density at radius 1 is 1.46 bits per heavy atom. The topological polar surface area (TPSA) is 80.5 Å². The number of hydrogen-bond donors (Lipinski definition) is 0. The maximum Gasteiger partial charge on any atom is 0.258 e. The summed E-state index contributed by atoms with van der Waals surface area (Å²) < 4.78 is 0. The summed E-state index contributed by atoms with van der Waals surface area (Å²) >= 11 is 6.92. The van der Waals surface area contributed by atoms with Gasteiger partial charge in [0.05, 0.1) is 11.9 Å². The summed E-state index contributed by atoms with van der Waals surface area (Å²) in [5, 5.41) is 9.46. The Hall–Kier alpha value is -2.18. The van der Waals surface area contributed by atoms with Crippen LogP contribution in [0.15, 0.2) is 17.2 Å². The first-order valence-electron chi connectivity index (χ1n) is 7.95. The second-order valence-corrected chi connectivity index (χ2v) is 7.74. The Balaban J connectivity index is 2.34. The van der Waals surface area contributed by atoms with Gasteiger partial charge < -0.3 is 9.80 Å². The van der Waals surface area contributed by atoms with Gasteiger partial charge >= 0.3 is 0 Å². The molecule has 2 amide bonds. The van der Waals surface area contributed by atoms with Crippen molar-refractivity contribution < 1.29 is 9.59 Å². The maximum atomic E-state index is 13.0. The third kappa shape index (κ3) is 3.52. The average molecular weight is 392 g/mol. The minimum atomic E-state index is -0.864. The highest BCUT2D eigenvalue weighted by atomic mass is 32.2. The van der Waals surface area contributed by atoms with E-state index in [-0.39, 0.29) is 18.2 Å². The fourth-order valence-corrected chi connectivity index (χ4v) is 3.70. The second-order valence-electron chi connectivity index (χ2n) is 6.53. The molecule has 26 heavy (non-hydrogen) atoms. The van der Waals surface area contributed by atoms with Crippen LogP contribution in [-0.4, -0.2) is 64.1 Å². The van der Waals surface area contributed by atoms with Crippen LogP contribution in [0.3, 0.4) is 0 Å². The number of thioether (sulfide) groups is 1. The highest BCUT2D eigenvalue weighted by Gasteiger charge is 2.49. The molecule has 1 aliphatic rings. The Kier molecular flexibility index (Phi) is 5.88. The molecule has 1 aliphatic heterocycles. The Morgan fingerprint density at radius 2 is 2.12 bits per heavy atom. The number of amides is 2. The monoisotopic (exact) mass is 391 g/mol. The molecule has 0 bridgehead atoms. The molecule has 0 saturated carbocycles. The molecule has 1 aromatic rings. The molecular formula is C17H21N5O2S2. The number of hydrogen-bond acceptors (Lipinski definition) is 6. The lowest BCUT2D eigenvalue weighted by molar-refractivity contribution is -0.130. The molecular weight excluding hydrogens is 370 g/mol. The molecule has 2 rings (SSSR count). The molecule has 1 saturated heterocycles. The molecule has 9 heteroatoms. The van der Waals surface area contributed by atoms with Crippen molar-refractivity contribution in [1.82, 2.24) is 14.8 Å². The number of carbonyl (C=O) groups is 2. The lowest BCUT2D eigenvalue weighted by Crippen LogP contribution is -2.45. The van der Waals surface area contributed by atoms with Crippen molar-refractivity contribution in [3.05, 3.63) is 18.0 Å². The summed E-state index contributed by atoms with van der Waals surface area (Å²) in [6.45, 7) is 3.92. The fraction of sp³-hybridized carbons (Fsp3) is 0.471. The van der Waals surface area contributed by atoms with Crippen LogP contribution in [0.2, 0.25) is 0 Å². The van der Waals surface area contributed by atoms with Gasteiger partial charge in [0.15, 0.2) is 10.8 Å². The predicted molar refractivity (Wildman–Crippen MR) is 105 cm³/mol. The third-order valence-electron chi connectivity index (χ3n) is 4.29. The van der Waals surface area contributed by atoms with E-state index in [0.717, 1.165) is 0 Å². The molecule has 0 radical (unpaired) electrons. The van der Waals surface area contributed by atoms with E-state index >= 15 is 0 Å². The van der Waals surface area contributed by atoms with Crippen LogP contribution in [0.25, 0.3) is 0 Å². The molecule has 2 heterocycles. The molecule has 138 valence electrons. The van der Waals surface area contributed by atoms with E-state index in [9.17, 15) is 9.59 Å². The number of anilines is 1. The van der Waals surface area contributed by atoms with Gasteiger partial charge in [-0.3, -0.25) is 14.5 Å². The smallest absolute Gasteiger partial charge is 0.258 e. The first kappa shape index (κ1) is 20.1. The predicted octanol–water partition coefficient (Wildman–Crippen LogP) is 1.87. The summed E-state index contributed by atoms with van der Waals surface area (Å²) in [6, 6.07) is 3.78. The van der Waals surface area contributed by atoms with Gasteiger partial charge in [-0.1, -0.05) is 0 Å². The van der Waals surface area contributed by atoms with E-state index in [0.29, 0.717) is 27.9 Å². The number of aromatic nitrogens is 1. The van der Waals surface area contributed by atoms with E-state index < -0.39 is 5.54 Å². The van der Waals surface area contributed by atoms with E-state index in [1.165, 1.54) is 27.8 Å². The van der Waals surface area contributed by atoms with Gasteiger partial charge in [0.2, 0.25) is 5.91 Å². The summed E-state index contributed by atoms with van der Waals surface area (Å²) in [6.07, 6.45) is 3.58. The SMILES string of the molecule is CSc1cc(N2C(=O)C(C)(C)N(CCC(=O)N(C)C)C2=S)cnc1C#N. The van der Waals surface area contributed by atoms with Gasteiger partial charge in [-0.2, -0.15) is 5.26 Å². The van der Waals surface area contributed by atoms with Gasteiger partial charge in [0.25, 0.3) is 5.91 Å². The first-order valence-corrected chi connectivity index (χ1v) is 9.59. The summed E-state index contributed by atoms with van der Waals surface area (Å²) in [7, 11) is 3.39. The first-order chi connectivity index (χ1) is 12.1. The van der Waals surface area contributed by atoms with Crippen LogP contribution < -0.4 is 4.90 Å². The van der Waals surface area contributed by atoms with Crippen LogP contribution in [0.1, 0.15) is 26.0 Å². The standard InChI is InChI=1S/C17H21N5O2S2/c1-17(2)15(24)22(11-8-13(26-5)12(9-18)19-10-11)16(25)21(17)7-6-14(23)20(3)4/h8,10H,6-7H2,1-5H3. The van der Waals surface area contributed by atoms with E-state index in [4.69, 9.17) is 17.5 Å². The molecule has 0 unspecified atom stereocenters. The number of nitriles is 1. The number of carbonyl (C=O) groups excluding carboxylic acids is 2. The number of nitrogens with zero attached hydrogens (tertiary/aromatic N) is 5. The molecule has 7 nitrogen and oxygen atoms in total. The molecule has 0 aromatic carbocycles. The van der Waals surface area contributed by atoms with Crippen LogP contribution in [0.4, 0.5) is 5.69 Å². The van der Waals surface area contributed by atoms with Crippen molar-refractivity contribution in [2.75, 3.05) is 31.8 Å². The zero-order valence-electron chi connectivity index (χ0n) is 15.4. The van der Waals surface area contributed by atoms with Crippen molar-refractivity contribution in [2.24, 2.45) is 0 Å². The minimum Gasteiger partial charge on any atom is -0.349 e. The number of pyridine rings is 1. The third-order valence-corrected chi connectivity index (χ3v) is 5.45. The van der Waals surface area contributed by atoms with Crippen LogP contribution in [-0.2, 0) is 9.59 Å². The number of rotatable bonds is 5. The van der Waals surface area contributed by atoms with Crippen molar-refractivity contribution in [2.45, 2.75) is 30.7 Å². The lowest BCUT2D eigenvalue weighted by atomic mass is 10.0. The van der Waals surface area contributed by atoms with Crippen molar-refractivity contribution in [3.8, 4) is 6.07 Å². The Morgan fingerprint density at radius 3 is 2.65 bits per heavy atom. The summed E-state index contributed by atoms with van der Waals surface area (Å²) in [5.41, 5.74) is -0.0266. The van der Waals surface area contributed by atoms with Crippen LogP contribution in [0, 0.1) is 11.3 Å². The van der Waals surface area contributed by atoms with Crippen molar-refractivity contribution in [3.63, 3.8) is 0 Å². The molecule has 1 fully saturated rings. The second kappa shape index (κ2) is 7.60. The van der Waals surface area contributed by atoms with E-state index in [1.807, 2.05) is 12.3 Å². The zero-order chi connectivity index (χ0) is 19.6. The molecule has 0 atom stereocenters. The maximum absolute atomic E-state index is 13.0. The normalized spacial score (nSPS) is 16.0.